The van der Waals surface area contributed by atoms with Gasteiger partial charge in [0.25, 0.3) is 0 Å². The Morgan fingerprint density at radius 2 is 2.24 bits per heavy atom. The van der Waals surface area contributed by atoms with E-state index in [0.717, 1.165) is 42.5 Å². The molecular formula is C13H13N3O. The summed E-state index contributed by atoms with van der Waals surface area (Å²) >= 11 is 0. The molecule has 1 fully saturated rings. The first-order valence-corrected chi connectivity index (χ1v) is 5.84. The third-order valence-corrected chi connectivity index (χ3v) is 3.38. The molecule has 1 aliphatic carbocycles. The number of hydrogen-bond acceptors (Lipinski definition) is 3. The Kier molecular flexibility index (Phi) is 2.30. The van der Waals surface area contributed by atoms with Crippen LogP contribution in [0.1, 0.15) is 25.1 Å². The van der Waals surface area contributed by atoms with Crippen molar-refractivity contribution in [3.05, 3.63) is 30.1 Å². The van der Waals surface area contributed by atoms with Gasteiger partial charge in [-0.3, -0.25) is 0 Å². The van der Waals surface area contributed by atoms with Crippen molar-refractivity contribution < 1.29 is 4.79 Å². The number of isocyanates is 1. The number of aromatic amines is 1. The molecule has 0 radical (unpaired) electrons. The smallest absolute Gasteiger partial charge is 0.235 e. The lowest BCUT2D eigenvalue weighted by atomic mass is 10.1. The van der Waals surface area contributed by atoms with Gasteiger partial charge in [0, 0.05) is 6.42 Å². The van der Waals surface area contributed by atoms with Crippen LogP contribution in [0.2, 0.25) is 0 Å². The second kappa shape index (κ2) is 3.82. The van der Waals surface area contributed by atoms with Gasteiger partial charge in [0.1, 0.15) is 5.82 Å². The molecule has 1 N–H and O–H groups in total. The molecule has 1 aromatic carbocycles. The molecule has 4 heteroatoms. The van der Waals surface area contributed by atoms with Crippen LogP contribution in [0.3, 0.4) is 0 Å². The van der Waals surface area contributed by atoms with Gasteiger partial charge in [-0.05, 0) is 31.4 Å². The van der Waals surface area contributed by atoms with Gasteiger partial charge in [0.2, 0.25) is 6.08 Å². The number of nitrogens with one attached hydrogen (secondary N) is 1. The van der Waals surface area contributed by atoms with E-state index in [-0.39, 0.29) is 5.54 Å². The second-order valence-corrected chi connectivity index (χ2v) is 4.63. The average Bonchev–Trinajstić information content (AvgIpc) is 2.98. The Bertz CT molecular complexity index is 558. The molecule has 17 heavy (non-hydrogen) atoms. The molecule has 0 unspecified atom stereocenters. The molecule has 4 nitrogen and oxygen atoms in total. The predicted molar refractivity (Wildman–Crippen MR) is 64.5 cm³/mol. The maximum absolute atomic E-state index is 10.3. The predicted octanol–water partition coefficient (Wildman–Crippen LogP) is 2.36. The highest BCUT2D eigenvalue weighted by molar-refractivity contribution is 5.74. The number of aliphatic imine (C=N–C) groups is 1. The normalized spacial score (nSPS) is 16.7. The molecule has 3 rings (SSSR count). The average molecular weight is 227 g/mol. The number of H-pyrrole nitrogens is 1. The molecule has 86 valence electrons. The fraction of sp³-hybridized carbons (Fsp3) is 0.385. The van der Waals surface area contributed by atoms with Gasteiger partial charge in [-0.25, -0.2) is 9.78 Å². The number of hydrogen-bond donors (Lipinski definition) is 1. The summed E-state index contributed by atoms with van der Waals surface area (Å²) in [6, 6.07) is 7.98. The number of benzene rings is 1. The molecule has 0 aliphatic heterocycles. The van der Waals surface area contributed by atoms with Crippen molar-refractivity contribution in [1.29, 1.82) is 0 Å². The molecule has 1 saturated carbocycles. The van der Waals surface area contributed by atoms with Crippen LogP contribution in [0.4, 0.5) is 0 Å². The monoisotopic (exact) mass is 227 g/mol. The molecule has 0 atom stereocenters. The summed E-state index contributed by atoms with van der Waals surface area (Å²) in [6.45, 7) is 0. The second-order valence-electron chi connectivity index (χ2n) is 4.63. The van der Waals surface area contributed by atoms with Crippen molar-refractivity contribution in [1.82, 2.24) is 9.97 Å². The summed E-state index contributed by atoms with van der Waals surface area (Å²) in [7, 11) is 0. The van der Waals surface area contributed by atoms with Gasteiger partial charge in [0.05, 0.1) is 16.6 Å². The number of imidazole rings is 1. The highest BCUT2D eigenvalue weighted by atomic mass is 16.1. The van der Waals surface area contributed by atoms with E-state index in [0.29, 0.717) is 0 Å². The van der Waals surface area contributed by atoms with E-state index >= 15 is 0 Å². The van der Waals surface area contributed by atoms with Gasteiger partial charge in [-0.2, -0.15) is 4.99 Å². The standard InChI is InChI=1S/C13H13N3O/c17-9-14-13(7-8-13)6-5-12-15-10-3-1-2-4-11(10)16-12/h1-4H,5-8H2,(H,15,16). The Hall–Kier alpha value is -1.93. The van der Waals surface area contributed by atoms with Gasteiger partial charge >= 0.3 is 0 Å². The first kappa shape index (κ1) is 10.2. The summed E-state index contributed by atoms with van der Waals surface area (Å²) < 4.78 is 0. The highest BCUT2D eigenvalue weighted by Gasteiger charge is 2.42. The topological polar surface area (TPSA) is 58.1 Å². The van der Waals surface area contributed by atoms with E-state index in [2.05, 4.69) is 15.0 Å². The zero-order chi connectivity index (χ0) is 11.7. The summed E-state index contributed by atoms with van der Waals surface area (Å²) in [5.74, 6) is 0.971. The van der Waals surface area contributed by atoms with Crippen LogP contribution in [0.5, 0.6) is 0 Å². The van der Waals surface area contributed by atoms with E-state index in [1.54, 1.807) is 6.08 Å². The molecular weight excluding hydrogens is 214 g/mol. The third kappa shape index (κ3) is 1.99. The van der Waals surface area contributed by atoms with E-state index in [4.69, 9.17) is 0 Å². The number of aryl methyl sites for hydroxylation is 1. The molecule has 1 aliphatic rings. The molecule has 0 saturated heterocycles. The lowest BCUT2D eigenvalue weighted by molar-refractivity contribution is 0.544. The molecule has 1 aromatic heterocycles. The first-order valence-electron chi connectivity index (χ1n) is 5.84. The van der Waals surface area contributed by atoms with Gasteiger partial charge in [-0.15, -0.1) is 0 Å². The number of fused-ring (bicyclic) bond motifs is 1. The van der Waals surface area contributed by atoms with Crippen molar-refractivity contribution in [2.24, 2.45) is 4.99 Å². The minimum atomic E-state index is -0.124. The fourth-order valence-corrected chi connectivity index (χ4v) is 2.13. The Labute approximate surface area is 98.8 Å². The van der Waals surface area contributed by atoms with Crippen LogP contribution < -0.4 is 0 Å². The van der Waals surface area contributed by atoms with Crippen LogP contribution in [0, 0.1) is 0 Å². The Morgan fingerprint density at radius 1 is 1.41 bits per heavy atom. The molecule has 0 spiro atoms. The zero-order valence-electron chi connectivity index (χ0n) is 9.44. The largest absolute Gasteiger partial charge is 0.342 e. The first-order chi connectivity index (χ1) is 8.31. The maximum atomic E-state index is 10.3. The summed E-state index contributed by atoms with van der Waals surface area (Å²) in [6.07, 6.45) is 5.39. The van der Waals surface area contributed by atoms with Crippen molar-refractivity contribution in [2.75, 3.05) is 0 Å². The zero-order valence-corrected chi connectivity index (χ0v) is 9.44. The van der Waals surface area contributed by atoms with Crippen LogP contribution in [-0.2, 0) is 11.2 Å². The van der Waals surface area contributed by atoms with Crippen molar-refractivity contribution in [3.8, 4) is 0 Å². The van der Waals surface area contributed by atoms with E-state index in [1.165, 1.54) is 0 Å². The number of nitrogens with zero attached hydrogens (tertiary/aromatic N) is 2. The molecule has 0 bridgehead atoms. The lowest BCUT2D eigenvalue weighted by Crippen LogP contribution is -2.06. The van der Waals surface area contributed by atoms with E-state index < -0.39 is 0 Å². The molecule has 2 aromatic rings. The maximum Gasteiger partial charge on any atom is 0.235 e. The number of para-hydroxylation sites is 2. The van der Waals surface area contributed by atoms with Gasteiger partial charge in [-0.1, -0.05) is 12.1 Å². The summed E-state index contributed by atoms with van der Waals surface area (Å²) in [4.78, 5) is 22.0. The summed E-state index contributed by atoms with van der Waals surface area (Å²) in [5, 5.41) is 0. The van der Waals surface area contributed by atoms with Crippen LogP contribution in [0.15, 0.2) is 29.3 Å². The van der Waals surface area contributed by atoms with Crippen molar-refractivity contribution in [2.45, 2.75) is 31.2 Å². The van der Waals surface area contributed by atoms with E-state index in [1.807, 2.05) is 24.3 Å². The lowest BCUT2D eigenvalue weighted by Gasteiger charge is -2.04. The Balaban J connectivity index is 1.75. The third-order valence-electron chi connectivity index (χ3n) is 3.38. The SMILES string of the molecule is O=C=NC1(CCc2nc3ccccc3[nH]2)CC1. The van der Waals surface area contributed by atoms with Crippen molar-refractivity contribution in [3.63, 3.8) is 0 Å². The molecule has 1 heterocycles. The van der Waals surface area contributed by atoms with Gasteiger partial charge in [0.15, 0.2) is 0 Å². The van der Waals surface area contributed by atoms with E-state index in [9.17, 15) is 4.79 Å². The summed E-state index contributed by atoms with van der Waals surface area (Å²) in [5.41, 5.74) is 1.93. The number of aromatic nitrogens is 2. The highest BCUT2D eigenvalue weighted by Crippen LogP contribution is 2.43. The van der Waals surface area contributed by atoms with Crippen LogP contribution in [0.25, 0.3) is 11.0 Å². The van der Waals surface area contributed by atoms with Crippen LogP contribution in [-0.4, -0.2) is 21.6 Å². The number of rotatable bonds is 4. The minimum Gasteiger partial charge on any atom is -0.342 e. The molecule has 0 amide bonds. The van der Waals surface area contributed by atoms with Gasteiger partial charge < -0.3 is 4.98 Å². The minimum absolute atomic E-state index is 0.124. The fourth-order valence-electron chi connectivity index (χ4n) is 2.13. The Morgan fingerprint density at radius 3 is 2.94 bits per heavy atom. The number of carbonyl (C=O) groups excluding carboxylic acids is 1. The van der Waals surface area contributed by atoms with Crippen molar-refractivity contribution >= 4 is 17.1 Å². The van der Waals surface area contributed by atoms with Crippen LogP contribution >= 0.6 is 0 Å². The quantitative estimate of drug-likeness (QED) is 0.644.